The summed E-state index contributed by atoms with van der Waals surface area (Å²) in [7, 11) is 0. The molecule has 1 amide bonds. The van der Waals surface area contributed by atoms with Crippen LogP contribution in [0, 0.1) is 0 Å². The highest BCUT2D eigenvalue weighted by Crippen LogP contribution is 2.14. The standard InChI is InChI=1S/C15H26N4O/c1-4-7-9-19(6-3)15(20)12-10-13(8-5-2)17-14(11-12)18-16/h10-11H,4-9,16H2,1-3H3,(H,17,18). The van der Waals surface area contributed by atoms with Crippen LogP contribution < -0.4 is 11.3 Å². The van der Waals surface area contributed by atoms with Crippen molar-refractivity contribution in [3.8, 4) is 0 Å². The maximum absolute atomic E-state index is 12.5. The fourth-order valence-electron chi connectivity index (χ4n) is 2.10. The lowest BCUT2D eigenvalue weighted by Crippen LogP contribution is -2.32. The topological polar surface area (TPSA) is 71.2 Å². The summed E-state index contributed by atoms with van der Waals surface area (Å²) in [5, 5.41) is 0. The molecule has 5 heteroatoms. The van der Waals surface area contributed by atoms with Gasteiger partial charge in [0.2, 0.25) is 0 Å². The van der Waals surface area contributed by atoms with Gasteiger partial charge in [-0.05, 0) is 31.9 Å². The Hall–Kier alpha value is -1.62. The molecule has 0 radical (unpaired) electrons. The van der Waals surface area contributed by atoms with Gasteiger partial charge in [0.15, 0.2) is 0 Å². The van der Waals surface area contributed by atoms with Crippen molar-refractivity contribution < 1.29 is 4.79 Å². The number of anilines is 1. The molecule has 0 fully saturated rings. The zero-order chi connectivity index (χ0) is 15.0. The van der Waals surface area contributed by atoms with Gasteiger partial charge in [0.1, 0.15) is 5.82 Å². The van der Waals surface area contributed by atoms with Crippen LogP contribution >= 0.6 is 0 Å². The molecule has 1 heterocycles. The number of amides is 1. The van der Waals surface area contributed by atoms with Gasteiger partial charge in [-0.25, -0.2) is 10.8 Å². The van der Waals surface area contributed by atoms with Crippen LogP contribution in [-0.2, 0) is 6.42 Å². The number of nitrogens with zero attached hydrogens (tertiary/aromatic N) is 2. The third-order valence-electron chi connectivity index (χ3n) is 3.23. The Morgan fingerprint density at radius 2 is 2.05 bits per heavy atom. The van der Waals surface area contributed by atoms with Gasteiger partial charge >= 0.3 is 0 Å². The number of rotatable bonds is 8. The number of pyridine rings is 1. The highest BCUT2D eigenvalue weighted by molar-refractivity contribution is 5.95. The van der Waals surface area contributed by atoms with E-state index in [9.17, 15) is 4.79 Å². The van der Waals surface area contributed by atoms with E-state index < -0.39 is 0 Å². The van der Waals surface area contributed by atoms with Gasteiger partial charge in [-0.2, -0.15) is 0 Å². The molecule has 1 rings (SSSR count). The zero-order valence-corrected chi connectivity index (χ0v) is 12.8. The van der Waals surface area contributed by atoms with Crippen LogP contribution in [0.15, 0.2) is 12.1 Å². The lowest BCUT2D eigenvalue weighted by atomic mass is 10.1. The highest BCUT2D eigenvalue weighted by Gasteiger charge is 2.15. The quantitative estimate of drug-likeness (QED) is 0.566. The van der Waals surface area contributed by atoms with Crippen LogP contribution in [0.1, 0.15) is 56.1 Å². The van der Waals surface area contributed by atoms with E-state index in [0.29, 0.717) is 11.4 Å². The average molecular weight is 278 g/mol. The molecule has 5 nitrogen and oxygen atoms in total. The molecule has 1 aromatic rings. The Labute approximate surface area is 121 Å². The summed E-state index contributed by atoms with van der Waals surface area (Å²) < 4.78 is 0. The van der Waals surface area contributed by atoms with Crippen molar-refractivity contribution in [2.75, 3.05) is 18.5 Å². The van der Waals surface area contributed by atoms with Crippen molar-refractivity contribution in [1.82, 2.24) is 9.88 Å². The second kappa shape index (κ2) is 8.53. The van der Waals surface area contributed by atoms with Crippen LogP contribution in [0.4, 0.5) is 5.82 Å². The minimum atomic E-state index is 0.0530. The number of nitrogen functional groups attached to an aromatic ring is 1. The molecule has 0 aliphatic carbocycles. The van der Waals surface area contributed by atoms with Gasteiger partial charge in [-0.3, -0.25) is 4.79 Å². The van der Waals surface area contributed by atoms with Crippen LogP contribution in [0.25, 0.3) is 0 Å². The second-order valence-corrected chi connectivity index (χ2v) is 4.87. The Kier molecular flexibility index (Phi) is 7.01. The van der Waals surface area contributed by atoms with Crippen LogP contribution in [0.2, 0.25) is 0 Å². The lowest BCUT2D eigenvalue weighted by molar-refractivity contribution is 0.0762. The molecular formula is C15H26N4O. The van der Waals surface area contributed by atoms with E-state index in [0.717, 1.165) is 44.5 Å². The smallest absolute Gasteiger partial charge is 0.254 e. The molecule has 0 saturated carbocycles. The number of unbranched alkanes of at least 4 members (excludes halogenated alkanes) is 1. The van der Waals surface area contributed by atoms with Crippen molar-refractivity contribution in [2.45, 2.75) is 46.5 Å². The Balaban J connectivity index is 2.97. The number of hydrogen-bond acceptors (Lipinski definition) is 4. The lowest BCUT2D eigenvalue weighted by Gasteiger charge is -2.21. The van der Waals surface area contributed by atoms with Crippen molar-refractivity contribution in [3.05, 3.63) is 23.4 Å². The number of carbonyl (C=O) groups is 1. The van der Waals surface area contributed by atoms with E-state index in [-0.39, 0.29) is 5.91 Å². The molecule has 0 bridgehead atoms. The normalized spacial score (nSPS) is 10.4. The number of hydrazine groups is 1. The number of nitrogens with two attached hydrogens (primary N) is 1. The van der Waals surface area contributed by atoms with Crippen LogP contribution in [-0.4, -0.2) is 28.9 Å². The molecule has 0 aromatic carbocycles. The predicted octanol–water partition coefficient (Wildman–Crippen LogP) is 2.58. The maximum atomic E-state index is 12.5. The molecule has 1 aromatic heterocycles. The first-order chi connectivity index (χ1) is 9.65. The monoisotopic (exact) mass is 278 g/mol. The van der Waals surface area contributed by atoms with E-state index in [1.807, 2.05) is 17.9 Å². The average Bonchev–Trinajstić information content (AvgIpc) is 2.47. The first kappa shape index (κ1) is 16.4. The molecule has 0 atom stereocenters. The van der Waals surface area contributed by atoms with Gasteiger partial charge < -0.3 is 10.3 Å². The molecule has 0 spiro atoms. The van der Waals surface area contributed by atoms with E-state index in [1.165, 1.54) is 0 Å². The van der Waals surface area contributed by atoms with Gasteiger partial charge in [-0.15, -0.1) is 0 Å². The minimum absolute atomic E-state index is 0.0530. The summed E-state index contributed by atoms with van der Waals surface area (Å²) in [6, 6.07) is 3.59. The predicted molar refractivity (Wildman–Crippen MR) is 82.5 cm³/mol. The Bertz CT molecular complexity index is 434. The SMILES string of the molecule is CCCCN(CC)C(=O)c1cc(CCC)nc(NN)c1. The first-order valence-corrected chi connectivity index (χ1v) is 7.43. The number of aromatic nitrogens is 1. The molecule has 0 unspecified atom stereocenters. The molecule has 20 heavy (non-hydrogen) atoms. The Morgan fingerprint density at radius 3 is 2.60 bits per heavy atom. The van der Waals surface area contributed by atoms with E-state index >= 15 is 0 Å². The van der Waals surface area contributed by atoms with Crippen molar-refractivity contribution in [1.29, 1.82) is 0 Å². The number of hydrogen-bond donors (Lipinski definition) is 2. The third-order valence-corrected chi connectivity index (χ3v) is 3.23. The van der Waals surface area contributed by atoms with E-state index in [1.54, 1.807) is 6.07 Å². The molecule has 0 aliphatic heterocycles. The van der Waals surface area contributed by atoms with Gasteiger partial charge in [0.05, 0.1) is 0 Å². The third kappa shape index (κ3) is 4.49. The fraction of sp³-hybridized carbons (Fsp3) is 0.600. The summed E-state index contributed by atoms with van der Waals surface area (Å²) in [6.07, 6.45) is 3.93. The zero-order valence-electron chi connectivity index (χ0n) is 12.8. The van der Waals surface area contributed by atoms with Crippen LogP contribution in [0.3, 0.4) is 0 Å². The van der Waals surface area contributed by atoms with E-state index in [2.05, 4.69) is 24.3 Å². The van der Waals surface area contributed by atoms with Crippen molar-refractivity contribution >= 4 is 11.7 Å². The summed E-state index contributed by atoms with van der Waals surface area (Å²) in [5.74, 6) is 6.04. The second-order valence-electron chi connectivity index (χ2n) is 4.87. The summed E-state index contributed by atoms with van der Waals surface area (Å²) in [6.45, 7) is 7.73. The van der Waals surface area contributed by atoms with Gasteiger partial charge in [0.25, 0.3) is 5.91 Å². The summed E-state index contributed by atoms with van der Waals surface area (Å²) in [4.78, 5) is 18.8. The van der Waals surface area contributed by atoms with Gasteiger partial charge in [-0.1, -0.05) is 26.7 Å². The fourth-order valence-corrected chi connectivity index (χ4v) is 2.10. The van der Waals surface area contributed by atoms with E-state index in [4.69, 9.17) is 5.84 Å². The molecule has 0 aliphatic rings. The molecule has 3 N–H and O–H groups in total. The number of carbonyl (C=O) groups excluding carboxylic acids is 1. The maximum Gasteiger partial charge on any atom is 0.254 e. The first-order valence-electron chi connectivity index (χ1n) is 7.43. The highest BCUT2D eigenvalue weighted by atomic mass is 16.2. The molecule has 112 valence electrons. The van der Waals surface area contributed by atoms with Crippen molar-refractivity contribution in [3.63, 3.8) is 0 Å². The van der Waals surface area contributed by atoms with Gasteiger partial charge in [0, 0.05) is 24.3 Å². The van der Waals surface area contributed by atoms with Crippen molar-refractivity contribution in [2.24, 2.45) is 5.84 Å². The minimum Gasteiger partial charge on any atom is -0.339 e. The summed E-state index contributed by atoms with van der Waals surface area (Å²) >= 11 is 0. The largest absolute Gasteiger partial charge is 0.339 e. The molecular weight excluding hydrogens is 252 g/mol. The summed E-state index contributed by atoms with van der Waals surface area (Å²) in [5.41, 5.74) is 4.10. The molecule has 0 saturated heterocycles. The van der Waals surface area contributed by atoms with Crippen LogP contribution in [0.5, 0.6) is 0 Å². The Morgan fingerprint density at radius 1 is 1.30 bits per heavy atom. The number of aryl methyl sites for hydroxylation is 1. The number of nitrogens with one attached hydrogen (secondary N) is 1.